The van der Waals surface area contributed by atoms with Crippen molar-refractivity contribution in [1.29, 1.82) is 0 Å². The number of nitro groups is 1. The van der Waals surface area contributed by atoms with Crippen LogP contribution in [0.2, 0.25) is 0 Å². The van der Waals surface area contributed by atoms with Gasteiger partial charge in [-0.2, -0.15) is 18.3 Å². The Bertz CT molecular complexity index is 437. The first-order valence-corrected chi connectivity index (χ1v) is 4.72. The van der Waals surface area contributed by atoms with Crippen LogP contribution in [0, 0.1) is 10.1 Å². The number of hydrogen-bond acceptors (Lipinski definition) is 4. The molecule has 0 saturated heterocycles. The minimum absolute atomic E-state index is 0.242. The first kappa shape index (κ1) is 13.9. The molecule has 0 spiro atoms. The zero-order valence-electron chi connectivity index (χ0n) is 8.85. The summed E-state index contributed by atoms with van der Waals surface area (Å²) >= 11 is 0. The topological polar surface area (TPSA) is 98.3 Å². The van der Waals surface area contributed by atoms with E-state index in [1.54, 1.807) is 0 Å². The van der Waals surface area contributed by atoms with Crippen molar-refractivity contribution in [3.8, 4) is 0 Å². The Morgan fingerprint density at radius 1 is 1.56 bits per heavy atom. The molecule has 0 aliphatic carbocycles. The smallest absolute Gasteiger partial charge is 0.389 e. The highest BCUT2D eigenvalue weighted by atomic mass is 19.4. The molecule has 100 valence electrons. The summed E-state index contributed by atoms with van der Waals surface area (Å²) in [6.07, 6.45) is -4.92. The number of hydrogen-bond donors (Lipinski definition) is 1. The molecule has 0 aliphatic rings. The maximum atomic E-state index is 11.9. The standard InChI is InChI=1S/C8H8F3N3O4/c9-8(10,11)2-1-3-13-4-5(14(17)18)6(12-13)7(15)16/h4H,1-3H2,(H,15,16). The zero-order valence-corrected chi connectivity index (χ0v) is 8.85. The third-order valence-corrected chi connectivity index (χ3v) is 1.99. The number of carboxylic acids is 1. The lowest BCUT2D eigenvalue weighted by atomic mass is 10.3. The van der Waals surface area contributed by atoms with E-state index in [9.17, 15) is 28.1 Å². The van der Waals surface area contributed by atoms with Crippen molar-refractivity contribution in [2.24, 2.45) is 0 Å². The van der Waals surface area contributed by atoms with E-state index in [-0.39, 0.29) is 13.0 Å². The Balaban J connectivity index is 2.76. The van der Waals surface area contributed by atoms with Crippen LogP contribution in [-0.2, 0) is 6.54 Å². The molecule has 0 aromatic carbocycles. The van der Waals surface area contributed by atoms with Crippen LogP contribution in [0.1, 0.15) is 23.3 Å². The molecule has 0 unspecified atom stereocenters. The largest absolute Gasteiger partial charge is 0.476 e. The van der Waals surface area contributed by atoms with Crippen molar-refractivity contribution < 1.29 is 28.0 Å². The van der Waals surface area contributed by atoms with Crippen molar-refractivity contribution >= 4 is 11.7 Å². The van der Waals surface area contributed by atoms with Gasteiger partial charge in [0.15, 0.2) is 0 Å². The predicted octanol–water partition coefficient (Wildman–Crippen LogP) is 1.83. The van der Waals surface area contributed by atoms with Crippen LogP contribution in [0.5, 0.6) is 0 Å². The fourth-order valence-electron chi connectivity index (χ4n) is 1.25. The van der Waals surface area contributed by atoms with Crippen molar-refractivity contribution in [2.45, 2.75) is 25.6 Å². The molecule has 1 aromatic rings. The zero-order chi connectivity index (χ0) is 13.9. The molecule has 0 aliphatic heterocycles. The summed E-state index contributed by atoms with van der Waals surface area (Å²) in [5.41, 5.74) is -1.53. The number of aryl methyl sites for hydroxylation is 1. The normalized spacial score (nSPS) is 11.5. The second kappa shape index (κ2) is 5.02. The van der Waals surface area contributed by atoms with Crippen LogP contribution < -0.4 is 0 Å². The number of carboxylic acid groups (broad SMARTS) is 1. The van der Waals surface area contributed by atoms with E-state index in [0.29, 0.717) is 0 Å². The van der Waals surface area contributed by atoms with Crippen LogP contribution in [0.3, 0.4) is 0 Å². The van der Waals surface area contributed by atoms with Gasteiger partial charge in [0.2, 0.25) is 5.69 Å². The molecular formula is C8H8F3N3O4. The van der Waals surface area contributed by atoms with Gasteiger partial charge in [0, 0.05) is 13.0 Å². The Kier molecular flexibility index (Phi) is 3.89. The summed E-state index contributed by atoms with van der Waals surface area (Å²) in [6, 6.07) is 0. The number of halogens is 3. The maximum absolute atomic E-state index is 11.9. The molecule has 0 fully saturated rings. The van der Waals surface area contributed by atoms with E-state index in [4.69, 9.17) is 5.11 Å². The second-order valence-electron chi connectivity index (χ2n) is 3.41. The van der Waals surface area contributed by atoms with Crippen LogP contribution in [0.25, 0.3) is 0 Å². The highest BCUT2D eigenvalue weighted by Crippen LogP contribution is 2.22. The number of nitrogens with zero attached hydrogens (tertiary/aromatic N) is 3. The molecule has 7 nitrogen and oxygen atoms in total. The van der Waals surface area contributed by atoms with Gasteiger partial charge in [0.05, 0.1) is 4.92 Å². The van der Waals surface area contributed by atoms with Crippen LogP contribution in [0.4, 0.5) is 18.9 Å². The molecule has 1 rings (SSSR count). The van der Waals surface area contributed by atoms with Crippen LogP contribution in [-0.4, -0.2) is 32.0 Å². The summed E-state index contributed by atoms with van der Waals surface area (Å²) in [6.45, 7) is -0.242. The number of aromatic carboxylic acids is 1. The maximum Gasteiger partial charge on any atom is 0.389 e. The number of aromatic nitrogens is 2. The molecule has 0 saturated carbocycles. The highest BCUT2D eigenvalue weighted by Gasteiger charge is 2.28. The van der Waals surface area contributed by atoms with Crippen LogP contribution >= 0.6 is 0 Å². The summed E-state index contributed by atoms with van der Waals surface area (Å²) in [7, 11) is 0. The van der Waals surface area contributed by atoms with E-state index < -0.39 is 34.9 Å². The molecule has 0 atom stereocenters. The lowest BCUT2D eigenvalue weighted by Crippen LogP contribution is -2.10. The SMILES string of the molecule is O=C(O)c1nn(CCCC(F)(F)F)cc1[N+](=O)[O-]. The second-order valence-corrected chi connectivity index (χ2v) is 3.41. The van der Waals surface area contributed by atoms with E-state index in [1.807, 2.05) is 0 Å². The van der Waals surface area contributed by atoms with E-state index in [2.05, 4.69) is 5.10 Å². The lowest BCUT2D eigenvalue weighted by molar-refractivity contribution is -0.385. The Labute approximate surface area is 98.0 Å². The molecule has 10 heteroatoms. The summed E-state index contributed by atoms with van der Waals surface area (Å²) in [4.78, 5) is 20.1. The number of alkyl halides is 3. The van der Waals surface area contributed by atoms with Crippen molar-refractivity contribution in [3.05, 3.63) is 22.0 Å². The van der Waals surface area contributed by atoms with Crippen molar-refractivity contribution in [2.75, 3.05) is 0 Å². The fourth-order valence-corrected chi connectivity index (χ4v) is 1.25. The van der Waals surface area contributed by atoms with Gasteiger partial charge in [-0.25, -0.2) is 4.79 Å². The molecule has 0 amide bonds. The first-order valence-electron chi connectivity index (χ1n) is 4.72. The lowest BCUT2D eigenvalue weighted by Gasteiger charge is -2.05. The summed E-state index contributed by atoms with van der Waals surface area (Å²) in [5, 5.41) is 22.5. The monoisotopic (exact) mass is 267 g/mol. The van der Waals surface area contributed by atoms with E-state index >= 15 is 0 Å². The minimum atomic E-state index is -4.32. The third kappa shape index (κ3) is 3.71. The number of carbonyl (C=O) groups is 1. The Morgan fingerprint density at radius 3 is 2.56 bits per heavy atom. The molecule has 1 aromatic heterocycles. The van der Waals surface area contributed by atoms with Crippen molar-refractivity contribution in [3.63, 3.8) is 0 Å². The predicted molar refractivity (Wildman–Crippen MR) is 51.1 cm³/mol. The molecule has 1 N–H and O–H groups in total. The first-order chi connectivity index (χ1) is 8.20. The molecule has 1 heterocycles. The average molecular weight is 267 g/mol. The van der Waals surface area contributed by atoms with Gasteiger partial charge < -0.3 is 5.11 Å². The van der Waals surface area contributed by atoms with Gasteiger partial charge in [0.25, 0.3) is 0 Å². The van der Waals surface area contributed by atoms with Gasteiger partial charge in [-0.1, -0.05) is 0 Å². The average Bonchev–Trinajstić information content (AvgIpc) is 2.60. The highest BCUT2D eigenvalue weighted by molar-refractivity contribution is 5.89. The number of rotatable bonds is 5. The van der Waals surface area contributed by atoms with Gasteiger partial charge >= 0.3 is 17.8 Å². The molecule has 0 radical (unpaired) electrons. The molecule has 18 heavy (non-hydrogen) atoms. The van der Waals surface area contributed by atoms with Gasteiger partial charge in [-0.3, -0.25) is 14.8 Å². The molecule has 0 bridgehead atoms. The third-order valence-electron chi connectivity index (χ3n) is 1.99. The molecular weight excluding hydrogens is 259 g/mol. The van der Waals surface area contributed by atoms with E-state index in [1.165, 1.54) is 0 Å². The van der Waals surface area contributed by atoms with Gasteiger partial charge in [0.1, 0.15) is 6.20 Å². The van der Waals surface area contributed by atoms with Crippen molar-refractivity contribution in [1.82, 2.24) is 9.78 Å². The van der Waals surface area contributed by atoms with Gasteiger partial charge in [-0.15, -0.1) is 0 Å². The minimum Gasteiger partial charge on any atom is -0.476 e. The quantitative estimate of drug-likeness (QED) is 0.648. The van der Waals surface area contributed by atoms with Gasteiger partial charge in [-0.05, 0) is 6.42 Å². The Morgan fingerprint density at radius 2 is 2.17 bits per heavy atom. The fraction of sp³-hybridized carbons (Fsp3) is 0.500. The Hall–Kier alpha value is -2.13. The summed E-state index contributed by atoms with van der Waals surface area (Å²) in [5.74, 6) is -1.60. The summed E-state index contributed by atoms with van der Waals surface area (Å²) < 4.78 is 36.4. The van der Waals surface area contributed by atoms with E-state index in [0.717, 1.165) is 10.9 Å². The van der Waals surface area contributed by atoms with Crippen LogP contribution in [0.15, 0.2) is 6.20 Å².